The predicted octanol–water partition coefficient (Wildman–Crippen LogP) is 2.96. The molecule has 2 aromatic heterocycles. The molecule has 0 radical (unpaired) electrons. The molecule has 0 unspecified atom stereocenters. The van der Waals surface area contributed by atoms with Crippen molar-refractivity contribution in [3.63, 3.8) is 0 Å². The minimum Gasteiger partial charge on any atom is -0.354 e. The molecule has 6 heteroatoms. The largest absolute Gasteiger partial charge is 0.354 e. The number of aromatic nitrogens is 2. The van der Waals surface area contributed by atoms with Crippen LogP contribution in [0.5, 0.6) is 0 Å². The third-order valence-corrected chi connectivity index (χ3v) is 5.38. The SMILES string of the molecule is O=C(NCCCCN1CCN(c2ccccn2)CC1)c1cnc2ccccc2c1. The average molecular weight is 390 g/mol. The number of fused-ring (bicyclic) bond motifs is 1. The van der Waals surface area contributed by atoms with Crippen LogP contribution in [0.15, 0.2) is 60.9 Å². The van der Waals surface area contributed by atoms with Crippen molar-refractivity contribution in [1.82, 2.24) is 20.2 Å². The number of anilines is 1. The molecule has 1 saturated heterocycles. The van der Waals surface area contributed by atoms with Gasteiger partial charge in [-0.3, -0.25) is 14.7 Å². The molecule has 0 spiro atoms. The summed E-state index contributed by atoms with van der Waals surface area (Å²) in [6.07, 6.45) is 5.57. The van der Waals surface area contributed by atoms with Gasteiger partial charge < -0.3 is 10.2 Å². The van der Waals surface area contributed by atoms with Crippen LogP contribution in [0.3, 0.4) is 0 Å². The standard InChI is InChI=1S/C23H27N5O/c29-23(20-17-19-7-1-2-8-21(19)26-18-20)25-11-5-6-12-27-13-15-28(16-14-27)22-9-3-4-10-24-22/h1-4,7-10,17-18H,5-6,11-16H2,(H,25,29). The smallest absolute Gasteiger partial charge is 0.252 e. The normalized spacial score (nSPS) is 14.8. The molecule has 1 amide bonds. The summed E-state index contributed by atoms with van der Waals surface area (Å²) in [6.45, 7) is 5.92. The molecule has 29 heavy (non-hydrogen) atoms. The fourth-order valence-electron chi connectivity index (χ4n) is 3.70. The van der Waals surface area contributed by atoms with E-state index in [-0.39, 0.29) is 5.91 Å². The van der Waals surface area contributed by atoms with E-state index < -0.39 is 0 Å². The van der Waals surface area contributed by atoms with E-state index in [0.29, 0.717) is 12.1 Å². The van der Waals surface area contributed by atoms with E-state index in [9.17, 15) is 4.79 Å². The highest BCUT2D eigenvalue weighted by molar-refractivity contribution is 5.97. The Hall–Kier alpha value is -2.99. The highest BCUT2D eigenvalue weighted by Crippen LogP contribution is 2.14. The van der Waals surface area contributed by atoms with Gasteiger partial charge in [0.05, 0.1) is 11.1 Å². The number of carbonyl (C=O) groups is 1. The van der Waals surface area contributed by atoms with Gasteiger partial charge in [0.1, 0.15) is 5.82 Å². The number of rotatable bonds is 7. The lowest BCUT2D eigenvalue weighted by molar-refractivity contribution is 0.0952. The van der Waals surface area contributed by atoms with Gasteiger partial charge in [0, 0.05) is 50.5 Å². The van der Waals surface area contributed by atoms with Crippen LogP contribution < -0.4 is 10.2 Å². The topological polar surface area (TPSA) is 61.4 Å². The Bertz CT molecular complexity index is 938. The van der Waals surface area contributed by atoms with Crippen LogP contribution in [-0.4, -0.2) is 60.0 Å². The summed E-state index contributed by atoms with van der Waals surface area (Å²) in [5.74, 6) is 1.02. The molecule has 1 aliphatic heterocycles. The van der Waals surface area contributed by atoms with Gasteiger partial charge in [0.15, 0.2) is 0 Å². The zero-order valence-electron chi connectivity index (χ0n) is 16.6. The fourth-order valence-corrected chi connectivity index (χ4v) is 3.70. The van der Waals surface area contributed by atoms with Crippen LogP contribution in [0, 0.1) is 0 Å². The molecule has 0 aliphatic carbocycles. The van der Waals surface area contributed by atoms with Crippen molar-refractivity contribution < 1.29 is 4.79 Å². The molecule has 3 heterocycles. The van der Waals surface area contributed by atoms with E-state index in [2.05, 4.69) is 31.2 Å². The first kappa shape index (κ1) is 19.3. The van der Waals surface area contributed by atoms with Gasteiger partial charge in [-0.25, -0.2) is 4.98 Å². The number of amides is 1. The van der Waals surface area contributed by atoms with E-state index in [4.69, 9.17) is 0 Å². The van der Waals surface area contributed by atoms with Crippen LogP contribution in [0.2, 0.25) is 0 Å². The van der Waals surface area contributed by atoms with Crippen molar-refractivity contribution in [2.45, 2.75) is 12.8 Å². The Balaban J connectivity index is 1.14. The summed E-state index contributed by atoms with van der Waals surface area (Å²) in [5.41, 5.74) is 1.53. The lowest BCUT2D eigenvalue weighted by atomic mass is 10.1. The van der Waals surface area contributed by atoms with Gasteiger partial charge in [-0.05, 0) is 43.7 Å². The molecule has 0 saturated carbocycles. The Kier molecular flexibility index (Phi) is 6.32. The maximum Gasteiger partial charge on any atom is 0.252 e. The molecule has 1 fully saturated rings. The van der Waals surface area contributed by atoms with Crippen molar-refractivity contribution in [3.8, 4) is 0 Å². The predicted molar refractivity (Wildman–Crippen MR) is 116 cm³/mol. The Morgan fingerprint density at radius 2 is 1.79 bits per heavy atom. The third-order valence-electron chi connectivity index (χ3n) is 5.38. The minimum absolute atomic E-state index is 0.0489. The second kappa shape index (κ2) is 9.47. The number of nitrogens with one attached hydrogen (secondary N) is 1. The summed E-state index contributed by atoms with van der Waals surface area (Å²) >= 11 is 0. The number of piperazine rings is 1. The fraction of sp³-hybridized carbons (Fsp3) is 0.348. The van der Waals surface area contributed by atoms with E-state index >= 15 is 0 Å². The van der Waals surface area contributed by atoms with Gasteiger partial charge in [-0.15, -0.1) is 0 Å². The second-order valence-corrected chi connectivity index (χ2v) is 7.40. The molecule has 1 N–H and O–H groups in total. The number of benzene rings is 1. The van der Waals surface area contributed by atoms with Crippen molar-refractivity contribution >= 4 is 22.6 Å². The molecule has 0 bridgehead atoms. The number of carbonyl (C=O) groups excluding carboxylic acids is 1. The van der Waals surface area contributed by atoms with Gasteiger partial charge in [-0.2, -0.15) is 0 Å². The lowest BCUT2D eigenvalue weighted by Crippen LogP contribution is -2.47. The Labute approximate surface area is 171 Å². The second-order valence-electron chi connectivity index (χ2n) is 7.40. The highest BCUT2D eigenvalue weighted by Gasteiger charge is 2.17. The van der Waals surface area contributed by atoms with Gasteiger partial charge in [0.2, 0.25) is 0 Å². The van der Waals surface area contributed by atoms with Gasteiger partial charge in [-0.1, -0.05) is 24.3 Å². The number of nitrogens with zero attached hydrogens (tertiary/aromatic N) is 4. The summed E-state index contributed by atoms with van der Waals surface area (Å²) < 4.78 is 0. The van der Waals surface area contributed by atoms with Crippen molar-refractivity contribution in [2.75, 3.05) is 44.2 Å². The first-order valence-corrected chi connectivity index (χ1v) is 10.3. The van der Waals surface area contributed by atoms with Crippen LogP contribution in [0.4, 0.5) is 5.82 Å². The molecule has 0 atom stereocenters. The van der Waals surface area contributed by atoms with Crippen molar-refractivity contribution in [3.05, 3.63) is 66.5 Å². The molecule has 1 aliphatic rings. The van der Waals surface area contributed by atoms with Crippen molar-refractivity contribution in [1.29, 1.82) is 0 Å². The average Bonchev–Trinajstić information content (AvgIpc) is 2.79. The number of hydrogen-bond donors (Lipinski definition) is 1. The maximum atomic E-state index is 12.4. The highest BCUT2D eigenvalue weighted by atomic mass is 16.1. The number of pyridine rings is 2. The minimum atomic E-state index is -0.0489. The monoisotopic (exact) mass is 389 g/mol. The van der Waals surface area contributed by atoms with Crippen LogP contribution in [0.1, 0.15) is 23.2 Å². The molecular weight excluding hydrogens is 362 g/mol. The molecule has 3 aromatic rings. The molecule has 6 nitrogen and oxygen atoms in total. The molecular formula is C23H27N5O. The first-order valence-electron chi connectivity index (χ1n) is 10.3. The van der Waals surface area contributed by atoms with E-state index in [0.717, 1.165) is 62.3 Å². The number of hydrogen-bond acceptors (Lipinski definition) is 5. The third kappa shape index (κ3) is 5.09. The van der Waals surface area contributed by atoms with Crippen LogP contribution in [0.25, 0.3) is 10.9 Å². The van der Waals surface area contributed by atoms with E-state index in [1.54, 1.807) is 6.20 Å². The molecule has 150 valence electrons. The lowest BCUT2D eigenvalue weighted by Gasteiger charge is -2.35. The maximum absolute atomic E-state index is 12.4. The molecule has 4 rings (SSSR count). The summed E-state index contributed by atoms with van der Waals surface area (Å²) in [4.78, 5) is 26.0. The Morgan fingerprint density at radius 3 is 2.62 bits per heavy atom. The molecule has 1 aromatic carbocycles. The Morgan fingerprint density at radius 1 is 0.966 bits per heavy atom. The quantitative estimate of drug-likeness (QED) is 0.630. The first-order chi connectivity index (χ1) is 14.3. The van der Waals surface area contributed by atoms with E-state index in [1.165, 1.54) is 0 Å². The summed E-state index contributed by atoms with van der Waals surface area (Å²) in [6, 6.07) is 15.8. The van der Waals surface area contributed by atoms with Gasteiger partial charge in [0.25, 0.3) is 5.91 Å². The van der Waals surface area contributed by atoms with Crippen LogP contribution in [-0.2, 0) is 0 Å². The zero-order chi connectivity index (χ0) is 19.9. The zero-order valence-corrected chi connectivity index (χ0v) is 16.6. The summed E-state index contributed by atoms with van der Waals surface area (Å²) in [5, 5.41) is 4.01. The summed E-state index contributed by atoms with van der Waals surface area (Å²) in [7, 11) is 0. The van der Waals surface area contributed by atoms with Gasteiger partial charge >= 0.3 is 0 Å². The van der Waals surface area contributed by atoms with E-state index in [1.807, 2.05) is 48.7 Å². The number of unbranched alkanes of at least 4 members (excludes halogenated alkanes) is 1. The van der Waals surface area contributed by atoms with Crippen molar-refractivity contribution in [2.24, 2.45) is 0 Å². The van der Waals surface area contributed by atoms with Crippen LogP contribution >= 0.6 is 0 Å². The number of para-hydroxylation sites is 1.